The molecule has 0 aliphatic rings. The second-order valence-corrected chi connectivity index (χ2v) is 7.45. The van der Waals surface area contributed by atoms with Gasteiger partial charge in [-0.3, -0.25) is 4.79 Å². The second-order valence-electron chi connectivity index (χ2n) is 5.85. The molecule has 1 N–H and O–H groups in total. The fraction of sp³-hybridized carbons (Fsp3) is 0.316. The predicted octanol–water partition coefficient (Wildman–Crippen LogP) is 4.24. The lowest BCUT2D eigenvalue weighted by atomic mass is 10.1. The van der Waals surface area contributed by atoms with Crippen LogP contribution in [-0.4, -0.2) is 37.2 Å². The summed E-state index contributed by atoms with van der Waals surface area (Å²) in [6.07, 6.45) is 0.490. The third kappa shape index (κ3) is 6.56. The number of nitrogens with zero attached hydrogens (tertiary/aromatic N) is 1. The summed E-state index contributed by atoms with van der Waals surface area (Å²) in [7, 11) is 4.02. The number of amides is 1. The van der Waals surface area contributed by atoms with Crippen LogP contribution >= 0.6 is 23.4 Å². The molecule has 2 aromatic carbocycles. The quantitative estimate of drug-likeness (QED) is 0.713. The van der Waals surface area contributed by atoms with Crippen LogP contribution in [0.25, 0.3) is 0 Å². The Kier molecular flexibility index (Phi) is 7.63. The Morgan fingerprint density at radius 1 is 1.12 bits per heavy atom. The van der Waals surface area contributed by atoms with Gasteiger partial charge in [0.25, 0.3) is 0 Å². The summed E-state index contributed by atoms with van der Waals surface area (Å²) in [6, 6.07) is 17.8. The van der Waals surface area contributed by atoms with Crippen molar-refractivity contribution in [2.75, 3.05) is 26.4 Å². The Balaban J connectivity index is 1.85. The van der Waals surface area contributed by atoms with E-state index < -0.39 is 0 Å². The standard InChI is InChI=1S/C19H23ClN2OS/c1-22(2)14-18(15-6-4-3-5-7-15)21-19(23)12-13-24-17-10-8-16(20)9-11-17/h3-11,18H,12-14H2,1-2H3,(H,21,23)/t18-/m1/s1. The van der Waals surface area contributed by atoms with Gasteiger partial charge >= 0.3 is 0 Å². The maximum atomic E-state index is 12.3. The van der Waals surface area contributed by atoms with Crippen LogP contribution in [0.5, 0.6) is 0 Å². The molecule has 0 saturated heterocycles. The normalized spacial score (nSPS) is 12.2. The minimum Gasteiger partial charge on any atom is -0.348 e. The first kappa shape index (κ1) is 18.8. The summed E-state index contributed by atoms with van der Waals surface area (Å²) in [6.45, 7) is 0.778. The third-order valence-corrected chi connectivity index (χ3v) is 4.76. The summed E-state index contributed by atoms with van der Waals surface area (Å²) in [4.78, 5) is 15.5. The lowest BCUT2D eigenvalue weighted by Gasteiger charge is -2.23. The SMILES string of the molecule is CN(C)C[C@@H](NC(=O)CCSc1ccc(Cl)cc1)c1ccccc1. The van der Waals surface area contributed by atoms with E-state index in [1.807, 2.05) is 56.6 Å². The molecule has 5 heteroatoms. The zero-order chi connectivity index (χ0) is 17.4. The number of thioether (sulfide) groups is 1. The van der Waals surface area contributed by atoms with Crippen LogP contribution < -0.4 is 5.32 Å². The fourth-order valence-corrected chi connectivity index (χ4v) is 3.32. The summed E-state index contributed by atoms with van der Waals surface area (Å²) in [5, 5.41) is 3.87. The first-order valence-corrected chi connectivity index (χ1v) is 9.28. The van der Waals surface area contributed by atoms with Crippen LogP contribution in [0.2, 0.25) is 5.02 Å². The first-order chi connectivity index (χ1) is 11.5. The van der Waals surface area contributed by atoms with Crippen molar-refractivity contribution >= 4 is 29.3 Å². The maximum Gasteiger partial charge on any atom is 0.221 e. The van der Waals surface area contributed by atoms with Crippen molar-refractivity contribution < 1.29 is 4.79 Å². The minimum atomic E-state index is 0.00855. The van der Waals surface area contributed by atoms with Crippen molar-refractivity contribution in [2.24, 2.45) is 0 Å². The van der Waals surface area contributed by atoms with E-state index in [2.05, 4.69) is 22.3 Å². The molecule has 24 heavy (non-hydrogen) atoms. The highest BCUT2D eigenvalue weighted by Gasteiger charge is 2.15. The summed E-state index contributed by atoms with van der Waals surface area (Å²) >= 11 is 7.54. The molecule has 128 valence electrons. The fourth-order valence-electron chi connectivity index (χ4n) is 2.34. The number of likely N-dealkylation sites (N-methyl/N-ethyl adjacent to an activating group) is 1. The van der Waals surface area contributed by atoms with E-state index in [-0.39, 0.29) is 11.9 Å². The van der Waals surface area contributed by atoms with Gasteiger partial charge in [0.1, 0.15) is 0 Å². The first-order valence-electron chi connectivity index (χ1n) is 7.92. The molecule has 0 aliphatic carbocycles. The number of nitrogens with one attached hydrogen (secondary N) is 1. The third-order valence-electron chi connectivity index (χ3n) is 3.50. The smallest absolute Gasteiger partial charge is 0.221 e. The molecule has 3 nitrogen and oxygen atoms in total. The molecule has 0 spiro atoms. The number of carbonyl (C=O) groups is 1. The zero-order valence-corrected chi connectivity index (χ0v) is 15.6. The number of hydrogen-bond acceptors (Lipinski definition) is 3. The highest BCUT2D eigenvalue weighted by Crippen LogP contribution is 2.21. The average molecular weight is 363 g/mol. The van der Waals surface area contributed by atoms with Gasteiger partial charge in [0.05, 0.1) is 6.04 Å². The van der Waals surface area contributed by atoms with E-state index in [1.165, 1.54) is 0 Å². The summed E-state index contributed by atoms with van der Waals surface area (Å²) in [5.41, 5.74) is 1.13. The molecule has 0 heterocycles. The molecule has 2 rings (SSSR count). The molecule has 2 aromatic rings. The number of rotatable bonds is 8. The van der Waals surface area contributed by atoms with Crippen molar-refractivity contribution in [3.05, 3.63) is 65.2 Å². The van der Waals surface area contributed by atoms with E-state index in [0.29, 0.717) is 6.42 Å². The number of halogens is 1. The van der Waals surface area contributed by atoms with Crippen LogP contribution in [0, 0.1) is 0 Å². The van der Waals surface area contributed by atoms with E-state index >= 15 is 0 Å². The Hall–Kier alpha value is -1.49. The van der Waals surface area contributed by atoms with Gasteiger partial charge in [0, 0.05) is 28.6 Å². The average Bonchev–Trinajstić information content (AvgIpc) is 2.56. The highest BCUT2D eigenvalue weighted by molar-refractivity contribution is 7.99. The van der Waals surface area contributed by atoms with Crippen molar-refractivity contribution in [3.8, 4) is 0 Å². The lowest BCUT2D eigenvalue weighted by molar-refractivity contribution is -0.121. The van der Waals surface area contributed by atoms with Gasteiger partial charge in [-0.2, -0.15) is 0 Å². The molecule has 0 aromatic heterocycles. The Morgan fingerprint density at radius 2 is 1.79 bits per heavy atom. The van der Waals surface area contributed by atoms with Crippen molar-refractivity contribution in [2.45, 2.75) is 17.4 Å². The summed E-state index contributed by atoms with van der Waals surface area (Å²) in [5.74, 6) is 0.823. The van der Waals surface area contributed by atoms with Crippen LogP contribution in [0.4, 0.5) is 0 Å². The van der Waals surface area contributed by atoms with Gasteiger partial charge in [-0.1, -0.05) is 41.9 Å². The van der Waals surface area contributed by atoms with Gasteiger partial charge in [-0.05, 0) is 43.9 Å². The molecular formula is C19H23ClN2OS. The van der Waals surface area contributed by atoms with Crippen molar-refractivity contribution in [1.29, 1.82) is 0 Å². The van der Waals surface area contributed by atoms with Gasteiger partial charge in [0.15, 0.2) is 0 Å². The van der Waals surface area contributed by atoms with E-state index in [0.717, 1.165) is 27.8 Å². The number of carbonyl (C=O) groups excluding carboxylic acids is 1. The highest BCUT2D eigenvalue weighted by atomic mass is 35.5. The largest absolute Gasteiger partial charge is 0.348 e. The minimum absolute atomic E-state index is 0.00855. The molecule has 1 amide bonds. The molecule has 0 bridgehead atoms. The topological polar surface area (TPSA) is 32.3 Å². The zero-order valence-electron chi connectivity index (χ0n) is 14.0. The molecule has 0 saturated carbocycles. The van der Waals surface area contributed by atoms with Crippen LogP contribution in [0.3, 0.4) is 0 Å². The molecule has 1 atom stereocenters. The molecular weight excluding hydrogens is 340 g/mol. The molecule has 0 unspecified atom stereocenters. The van der Waals surface area contributed by atoms with E-state index in [4.69, 9.17) is 11.6 Å². The monoisotopic (exact) mass is 362 g/mol. The Bertz CT molecular complexity index is 632. The number of hydrogen-bond donors (Lipinski definition) is 1. The summed E-state index contributed by atoms with van der Waals surface area (Å²) < 4.78 is 0. The van der Waals surface area contributed by atoms with E-state index in [9.17, 15) is 4.79 Å². The van der Waals surface area contributed by atoms with Gasteiger partial charge in [-0.15, -0.1) is 11.8 Å². The van der Waals surface area contributed by atoms with E-state index in [1.54, 1.807) is 11.8 Å². The number of benzene rings is 2. The van der Waals surface area contributed by atoms with Crippen LogP contribution in [0.15, 0.2) is 59.5 Å². The van der Waals surface area contributed by atoms with Crippen LogP contribution in [-0.2, 0) is 4.79 Å². The van der Waals surface area contributed by atoms with Gasteiger partial charge in [0.2, 0.25) is 5.91 Å². The molecule has 0 aliphatic heterocycles. The molecule has 0 radical (unpaired) electrons. The van der Waals surface area contributed by atoms with Crippen molar-refractivity contribution in [3.63, 3.8) is 0 Å². The predicted molar refractivity (Wildman–Crippen MR) is 103 cm³/mol. The van der Waals surface area contributed by atoms with Gasteiger partial charge < -0.3 is 10.2 Å². The second kappa shape index (κ2) is 9.72. The Labute approximate surface area is 153 Å². The molecule has 0 fully saturated rings. The maximum absolute atomic E-state index is 12.3. The lowest BCUT2D eigenvalue weighted by Crippen LogP contribution is -2.35. The van der Waals surface area contributed by atoms with Crippen molar-refractivity contribution in [1.82, 2.24) is 10.2 Å². The Morgan fingerprint density at radius 3 is 2.42 bits per heavy atom. The van der Waals surface area contributed by atoms with Crippen LogP contribution in [0.1, 0.15) is 18.0 Å². The van der Waals surface area contributed by atoms with Gasteiger partial charge in [-0.25, -0.2) is 0 Å².